The van der Waals surface area contributed by atoms with Gasteiger partial charge in [0.1, 0.15) is 6.04 Å². The molecule has 0 radical (unpaired) electrons. The molecular weight excluding hydrogens is 266 g/mol. The smallest absolute Gasteiger partial charge is 0.137 e. The van der Waals surface area contributed by atoms with Crippen LogP contribution < -0.4 is 5.32 Å². The molecule has 1 heteroatoms. The van der Waals surface area contributed by atoms with Gasteiger partial charge in [0.05, 0.1) is 6.54 Å². The molecule has 2 aliphatic rings. The number of quaternary nitrogens is 1. The second kappa shape index (κ2) is 6.10. The van der Waals surface area contributed by atoms with Gasteiger partial charge >= 0.3 is 0 Å². The van der Waals surface area contributed by atoms with Crippen molar-refractivity contribution < 1.29 is 5.32 Å². The van der Waals surface area contributed by atoms with E-state index in [-0.39, 0.29) is 0 Å². The minimum absolute atomic E-state index is 0.422. The minimum Gasteiger partial charge on any atom is -0.336 e. The summed E-state index contributed by atoms with van der Waals surface area (Å²) < 4.78 is 0. The van der Waals surface area contributed by atoms with Crippen molar-refractivity contribution in [2.45, 2.75) is 18.9 Å². The van der Waals surface area contributed by atoms with Gasteiger partial charge in [-0.25, -0.2) is 0 Å². The van der Waals surface area contributed by atoms with E-state index in [0.717, 1.165) is 17.8 Å². The fraction of sp³-hybridized carbons (Fsp3) is 0.333. The largest absolute Gasteiger partial charge is 0.336 e. The van der Waals surface area contributed by atoms with Crippen LogP contribution in [0.4, 0.5) is 0 Å². The molecule has 0 saturated heterocycles. The average Bonchev–Trinajstić information content (AvgIpc) is 3.20. The zero-order valence-corrected chi connectivity index (χ0v) is 12.9. The Balaban J connectivity index is 1.52. The average molecular weight is 290 g/mol. The van der Waals surface area contributed by atoms with Crippen molar-refractivity contribution in [2.75, 3.05) is 6.54 Å². The first kappa shape index (κ1) is 13.8. The van der Waals surface area contributed by atoms with E-state index in [1.54, 1.807) is 0 Å². The minimum atomic E-state index is 0.422. The van der Waals surface area contributed by atoms with Gasteiger partial charge in [-0.15, -0.1) is 0 Å². The second-order valence-corrected chi connectivity index (χ2v) is 6.81. The maximum atomic E-state index is 2.56. The predicted molar refractivity (Wildman–Crippen MR) is 90.4 cm³/mol. The quantitative estimate of drug-likeness (QED) is 0.811. The highest BCUT2D eigenvalue weighted by Crippen LogP contribution is 2.42. The molecular formula is C21H24N+. The van der Waals surface area contributed by atoms with E-state index in [9.17, 15) is 0 Å². The molecule has 0 aliphatic heterocycles. The fourth-order valence-electron chi connectivity index (χ4n) is 4.26. The highest BCUT2D eigenvalue weighted by Gasteiger charge is 2.37. The maximum Gasteiger partial charge on any atom is 0.137 e. The molecule has 2 aromatic carbocycles. The Bertz CT molecular complexity index is 592. The van der Waals surface area contributed by atoms with Crippen LogP contribution in [-0.2, 0) is 0 Å². The molecule has 22 heavy (non-hydrogen) atoms. The zero-order chi connectivity index (χ0) is 14.8. The van der Waals surface area contributed by atoms with Gasteiger partial charge in [-0.3, -0.25) is 0 Å². The van der Waals surface area contributed by atoms with Crippen molar-refractivity contribution in [3.8, 4) is 0 Å². The van der Waals surface area contributed by atoms with Crippen molar-refractivity contribution in [2.24, 2.45) is 17.8 Å². The van der Waals surface area contributed by atoms with E-state index in [2.05, 4.69) is 78.1 Å². The first-order valence-corrected chi connectivity index (χ1v) is 8.51. The standard InChI is InChI=1S/C21H23N/c1-3-7-17(8-4-1)21(18-9-5-2-6-10-18)22-15-20-14-16-11-12-19(20)13-16/h1-12,16,19-22H,13-15H2/p+1/t16-,19-,20+/m0/s1. The lowest BCUT2D eigenvalue weighted by atomic mass is 9.92. The Morgan fingerprint density at radius 1 is 0.818 bits per heavy atom. The van der Waals surface area contributed by atoms with E-state index >= 15 is 0 Å². The van der Waals surface area contributed by atoms with Crippen molar-refractivity contribution in [1.82, 2.24) is 0 Å². The van der Waals surface area contributed by atoms with Crippen LogP contribution in [0.3, 0.4) is 0 Å². The van der Waals surface area contributed by atoms with Gasteiger partial charge < -0.3 is 5.32 Å². The van der Waals surface area contributed by atoms with E-state index in [1.807, 2.05) is 0 Å². The third-order valence-corrected chi connectivity index (χ3v) is 5.41. The number of fused-ring (bicyclic) bond motifs is 2. The summed E-state index contributed by atoms with van der Waals surface area (Å²) in [6.45, 7) is 1.24. The van der Waals surface area contributed by atoms with Crippen molar-refractivity contribution >= 4 is 0 Å². The molecule has 0 aromatic heterocycles. The number of benzene rings is 2. The predicted octanol–water partition coefficient (Wildman–Crippen LogP) is 3.55. The topological polar surface area (TPSA) is 16.6 Å². The Morgan fingerprint density at radius 2 is 1.45 bits per heavy atom. The van der Waals surface area contributed by atoms with Crippen LogP contribution in [0.5, 0.6) is 0 Å². The molecule has 1 nitrogen and oxygen atoms in total. The maximum absolute atomic E-state index is 2.56. The molecule has 112 valence electrons. The van der Waals surface area contributed by atoms with Crippen LogP contribution in [0.2, 0.25) is 0 Å². The molecule has 1 saturated carbocycles. The summed E-state index contributed by atoms with van der Waals surface area (Å²) in [5, 5.41) is 2.56. The van der Waals surface area contributed by atoms with Crippen LogP contribution in [-0.4, -0.2) is 6.54 Å². The van der Waals surface area contributed by atoms with Gasteiger partial charge in [-0.1, -0.05) is 72.8 Å². The summed E-state index contributed by atoms with van der Waals surface area (Å²) in [4.78, 5) is 0. The molecule has 2 aliphatic carbocycles. The van der Waals surface area contributed by atoms with Crippen LogP contribution in [0.25, 0.3) is 0 Å². The molecule has 2 aromatic rings. The Morgan fingerprint density at radius 3 is 1.95 bits per heavy atom. The van der Waals surface area contributed by atoms with Gasteiger partial charge in [-0.2, -0.15) is 0 Å². The van der Waals surface area contributed by atoms with Crippen molar-refractivity contribution in [3.05, 3.63) is 83.9 Å². The highest BCUT2D eigenvalue weighted by atomic mass is 14.9. The lowest BCUT2D eigenvalue weighted by Crippen LogP contribution is -2.87. The Hall–Kier alpha value is -1.86. The number of hydrogen-bond acceptors (Lipinski definition) is 0. The van der Waals surface area contributed by atoms with Gasteiger partial charge in [0.2, 0.25) is 0 Å². The molecule has 2 N–H and O–H groups in total. The summed E-state index contributed by atoms with van der Waals surface area (Å²) in [5.41, 5.74) is 2.82. The van der Waals surface area contributed by atoms with Gasteiger partial charge in [0.25, 0.3) is 0 Å². The molecule has 0 spiro atoms. The number of rotatable bonds is 5. The second-order valence-electron chi connectivity index (χ2n) is 6.81. The molecule has 0 amide bonds. The number of allylic oxidation sites excluding steroid dienone is 2. The van der Waals surface area contributed by atoms with E-state index in [1.165, 1.54) is 30.5 Å². The van der Waals surface area contributed by atoms with Crippen molar-refractivity contribution in [3.63, 3.8) is 0 Å². The number of hydrogen-bond donors (Lipinski definition) is 1. The Labute approximate surface area is 133 Å². The molecule has 3 atom stereocenters. The van der Waals surface area contributed by atoms with Crippen LogP contribution in [0.15, 0.2) is 72.8 Å². The van der Waals surface area contributed by atoms with Crippen molar-refractivity contribution in [1.29, 1.82) is 0 Å². The molecule has 1 fully saturated rings. The molecule has 0 heterocycles. The number of nitrogens with two attached hydrogens (primary N) is 1. The highest BCUT2D eigenvalue weighted by molar-refractivity contribution is 5.29. The lowest BCUT2D eigenvalue weighted by molar-refractivity contribution is -0.692. The third-order valence-electron chi connectivity index (χ3n) is 5.41. The van der Waals surface area contributed by atoms with Gasteiger partial charge in [-0.05, 0) is 24.7 Å². The SMILES string of the molecule is C1=C[C@H]2C[C@H]1C[C@@H]2C[NH2+]C(c1ccccc1)c1ccccc1. The van der Waals surface area contributed by atoms with Gasteiger partial charge in [0.15, 0.2) is 0 Å². The lowest BCUT2D eigenvalue weighted by Gasteiger charge is -2.22. The molecule has 0 unspecified atom stereocenters. The monoisotopic (exact) mass is 290 g/mol. The van der Waals surface area contributed by atoms with E-state index in [0.29, 0.717) is 6.04 Å². The fourth-order valence-corrected chi connectivity index (χ4v) is 4.26. The normalized spacial score (nSPS) is 26.0. The van der Waals surface area contributed by atoms with Crippen LogP contribution in [0, 0.1) is 17.8 Å². The Kier molecular flexibility index (Phi) is 3.82. The van der Waals surface area contributed by atoms with Gasteiger partial charge in [0, 0.05) is 17.0 Å². The summed E-state index contributed by atoms with van der Waals surface area (Å²) in [6, 6.07) is 22.3. The summed E-state index contributed by atoms with van der Waals surface area (Å²) in [5.74, 6) is 2.58. The first-order valence-electron chi connectivity index (χ1n) is 8.51. The summed E-state index contributed by atoms with van der Waals surface area (Å²) >= 11 is 0. The van der Waals surface area contributed by atoms with E-state index < -0.39 is 0 Å². The van der Waals surface area contributed by atoms with Crippen LogP contribution in [0.1, 0.15) is 30.0 Å². The summed E-state index contributed by atoms with van der Waals surface area (Å²) in [6.07, 6.45) is 7.70. The molecule has 2 bridgehead atoms. The third kappa shape index (κ3) is 2.74. The first-order chi connectivity index (χ1) is 10.9. The molecule has 4 rings (SSSR count). The van der Waals surface area contributed by atoms with Crippen LogP contribution >= 0.6 is 0 Å². The van der Waals surface area contributed by atoms with E-state index in [4.69, 9.17) is 0 Å². The zero-order valence-electron chi connectivity index (χ0n) is 12.9. The summed E-state index contributed by atoms with van der Waals surface area (Å²) in [7, 11) is 0.